The van der Waals surface area contributed by atoms with E-state index >= 15 is 0 Å². The third-order valence-corrected chi connectivity index (χ3v) is 6.22. The molecule has 0 saturated heterocycles. The van der Waals surface area contributed by atoms with E-state index in [-0.39, 0.29) is 12.1 Å². The monoisotopic (exact) mass is 338 g/mol. The highest BCUT2D eigenvalue weighted by Crippen LogP contribution is 2.40. The Kier molecular flexibility index (Phi) is 3.05. The van der Waals surface area contributed by atoms with Crippen LogP contribution in [-0.4, -0.2) is 6.71 Å². The minimum Gasteiger partial charge on any atom is -0.458 e. The molecule has 2 aliphatic heterocycles. The molecule has 0 amide bonds. The van der Waals surface area contributed by atoms with Gasteiger partial charge < -0.3 is 4.74 Å². The van der Waals surface area contributed by atoms with Gasteiger partial charge >= 0.3 is 0 Å². The van der Waals surface area contributed by atoms with E-state index in [1.54, 1.807) is 0 Å². The van der Waals surface area contributed by atoms with Gasteiger partial charge in [0, 0.05) is 5.41 Å². The molecule has 1 nitrogen and oxygen atoms in total. The third kappa shape index (κ3) is 1.93. The van der Waals surface area contributed by atoms with E-state index in [4.69, 9.17) is 4.74 Å². The largest absolute Gasteiger partial charge is 0.458 e. The van der Waals surface area contributed by atoms with Crippen molar-refractivity contribution in [1.29, 1.82) is 0 Å². The summed E-state index contributed by atoms with van der Waals surface area (Å²) in [7, 11) is 0. The zero-order chi connectivity index (χ0) is 18.2. The Morgan fingerprint density at radius 2 is 1.42 bits per heavy atom. The lowest BCUT2D eigenvalue weighted by Crippen LogP contribution is -2.62. The number of fused-ring (bicyclic) bond motifs is 4. The van der Waals surface area contributed by atoms with Crippen LogP contribution >= 0.6 is 0 Å². The van der Waals surface area contributed by atoms with Crippen molar-refractivity contribution in [3.8, 4) is 11.5 Å². The minimum absolute atomic E-state index is 0.0281. The molecule has 0 N–H and O–H groups in total. The maximum atomic E-state index is 6.37. The molecular formula is C24H23BO. The van der Waals surface area contributed by atoms with Crippen molar-refractivity contribution in [2.75, 3.05) is 0 Å². The van der Waals surface area contributed by atoms with E-state index in [2.05, 4.69) is 83.1 Å². The lowest BCUT2D eigenvalue weighted by molar-refractivity contribution is 0.484. The van der Waals surface area contributed by atoms with E-state index in [1.807, 2.05) is 0 Å². The van der Waals surface area contributed by atoms with Crippen LogP contribution in [0.1, 0.15) is 41.7 Å². The van der Waals surface area contributed by atoms with E-state index in [1.165, 1.54) is 44.2 Å². The van der Waals surface area contributed by atoms with Crippen LogP contribution in [0.3, 0.4) is 0 Å². The van der Waals surface area contributed by atoms with Crippen LogP contribution in [0, 0.1) is 20.8 Å². The molecule has 2 aliphatic rings. The molecule has 0 atom stereocenters. The van der Waals surface area contributed by atoms with Crippen molar-refractivity contribution >= 4 is 23.1 Å². The highest BCUT2D eigenvalue weighted by Gasteiger charge is 2.45. The zero-order valence-electron chi connectivity index (χ0n) is 16.1. The number of rotatable bonds is 0. The Hall–Kier alpha value is -2.48. The molecule has 0 bridgehead atoms. The summed E-state index contributed by atoms with van der Waals surface area (Å²) in [5.41, 5.74) is 10.9. The lowest BCUT2D eigenvalue weighted by atomic mass is 9.30. The highest BCUT2D eigenvalue weighted by atomic mass is 16.5. The molecule has 0 unspecified atom stereocenters. The number of ether oxygens (including phenoxy) is 1. The van der Waals surface area contributed by atoms with Crippen molar-refractivity contribution in [3.63, 3.8) is 0 Å². The predicted molar refractivity (Wildman–Crippen MR) is 110 cm³/mol. The Morgan fingerprint density at radius 1 is 0.769 bits per heavy atom. The molecule has 5 rings (SSSR count). The molecule has 0 spiro atoms. The molecule has 26 heavy (non-hydrogen) atoms. The molecule has 0 fully saturated rings. The van der Waals surface area contributed by atoms with Crippen LogP contribution in [0.5, 0.6) is 11.5 Å². The molecule has 2 heterocycles. The second-order valence-electron chi connectivity index (χ2n) is 8.46. The van der Waals surface area contributed by atoms with Crippen molar-refractivity contribution in [2.45, 2.75) is 40.0 Å². The molecule has 2 heteroatoms. The first-order chi connectivity index (χ1) is 12.4. The van der Waals surface area contributed by atoms with Gasteiger partial charge in [-0.1, -0.05) is 66.8 Å². The average molecular weight is 338 g/mol. The van der Waals surface area contributed by atoms with Gasteiger partial charge in [-0.15, -0.1) is 0 Å². The average Bonchev–Trinajstić information content (AvgIpc) is 2.58. The fourth-order valence-corrected chi connectivity index (χ4v) is 5.12. The molecule has 3 aromatic carbocycles. The van der Waals surface area contributed by atoms with Gasteiger partial charge in [-0.2, -0.15) is 0 Å². The maximum absolute atomic E-state index is 6.37. The van der Waals surface area contributed by atoms with E-state index in [0.29, 0.717) is 0 Å². The van der Waals surface area contributed by atoms with E-state index in [0.717, 1.165) is 11.5 Å². The highest BCUT2D eigenvalue weighted by molar-refractivity contribution is 6.98. The number of hydrogen-bond acceptors (Lipinski definition) is 1. The summed E-state index contributed by atoms with van der Waals surface area (Å²) < 4.78 is 6.37. The van der Waals surface area contributed by atoms with Gasteiger partial charge in [-0.05, 0) is 60.5 Å². The van der Waals surface area contributed by atoms with Gasteiger partial charge in [-0.3, -0.25) is 0 Å². The molecular weight excluding hydrogens is 315 g/mol. The number of benzene rings is 3. The van der Waals surface area contributed by atoms with Crippen molar-refractivity contribution in [2.24, 2.45) is 0 Å². The smallest absolute Gasteiger partial charge is 0.251 e. The van der Waals surface area contributed by atoms with Crippen LogP contribution in [0.25, 0.3) is 0 Å². The summed E-state index contributed by atoms with van der Waals surface area (Å²) >= 11 is 0. The Morgan fingerprint density at radius 3 is 2.19 bits per heavy atom. The van der Waals surface area contributed by atoms with Gasteiger partial charge in [0.15, 0.2) is 0 Å². The predicted octanol–water partition coefficient (Wildman–Crippen LogP) is 3.87. The van der Waals surface area contributed by atoms with Crippen LogP contribution < -0.4 is 21.1 Å². The first-order valence-electron chi connectivity index (χ1n) is 9.41. The lowest BCUT2D eigenvalue weighted by Gasteiger charge is -2.42. The standard InChI is InChI=1S/C24H23BO/c1-14-6-9-17-18(12-14)25-19-13-15(2)7-10-20(19)26-21-11-8-16(3)22(23(21)25)24(17,4)5/h6-13H,1-5H3. The van der Waals surface area contributed by atoms with Crippen LogP contribution in [-0.2, 0) is 5.41 Å². The second kappa shape index (κ2) is 5.04. The van der Waals surface area contributed by atoms with Crippen LogP contribution in [0.15, 0.2) is 48.5 Å². The van der Waals surface area contributed by atoms with Gasteiger partial charge in [-0.25, -0.2) is 0 Å². The fraction of sp³-hybridized carbons (Fsp3) is 0.250. The number of hydrogen-bond donors (Lipinski definition) is 0. The number of aryl methyl sites for hydroxylation is 3. The molecule has 0 aromatic heterocycles. The third-order valence-electron chi connectivity index (χ3n) is 6.22. The summed E-state index contributed by atoms with van der Waals surface area (Å²) in [6.07, 6.45) is 0. The topological polar surface area (TPSA) is 9.23 Å². The summed E-state index contributed by atoms with van der Waals surface area (Å²) in [6.45, 7) is 11.6. The van der Waals surface area contributed by atoms with Gasteiger partial charge in [0.2, 0.25) is 0 Å². The van der Waals surface area contributed by atoms with Crippen LogP contribution in [0.2, 0.25) is 0 Å². The SMILES string of the molecule is Cc1ccc2c(c1)B1c3cc(C)ccc3C(C)(C)c3c(C)ccc(c31)O2. The molecule has 0 saturated carbocycles. The minimum atomic E-state index is -0.0281. The van der Waals surface area contributed by atoms with Crippen molar-refractivity contribution < 1.29 is 4.74 Å². The van der Waals surface area contributed by atoms with Crippen molar-refractivity contribution in [1.82, 2.24) is 0 Å². The summed E-state index contributed by atoms with van der Waals surface area (Å²) in [4.78, 5) is 0. The van der Waals surface area contributed by atoms with Crippen LogP contribution in [0.4, 0.5) is 0 Å². The second-order valence-corrected chi connectivity index (χ2v) is 8.46. The fourth-order valence-electron chi connectivity index (χ4n) is 5.12. The quantitative estimate of drug-likeness (QED) is 0.442. The Balaban J connectivity index is 1.94. The van der Waals surface area contributed by atoms with Gasteiger partial charge in [0.25, 0.3) is 6.71 Å². The van der Waals surface area contributed by atoms with E-state index in [9.17, 15) is 0 Å². The summed E-state index contributed by atoms with van der Waals surface area (Å²) in [5.74, 6) is 2.02. The molecule has 0 radical (unpaired) electrons. The molecule has 128 valence electrons. The van der Waals surface area contributed by atoms with Gasteiger partial charge in [0.05, 0.1) is 0 Å². The van der Waals surface area contributed by atoms with Gasteiger partial charge in [0.1, 0.15) is 11.5 Å². The summed E-state index contributed by atoms with van der Waals surface area (Å²) in [6, 6.07) is 17.9. The molecule has 3 aromatic rings. The normalized spacial score (nSPS) is 15.7. The summed E-state index contributed by atoms with van der Waals surface area (Å²) in [5, 5.41) is 0. The zero-order valence-corrected chi connectivity index (χ0v) is 16.1. The first-order valence-corrected chi connectivity index (χ1v) is 9.41. The Labute approximate surface area is 156 Å². The first kappa shape index (κ1) is 15.8. The van der Waals surface area contributed by atoms with Crippen molar-refractivity contribution in [3.05, 3.63) is 76.3 Å². The maximum Gasteiger partial charge on any atom is 0.251 e. The van der Waals surface area contributed by atoms with E-state index < -0.39 is 0 Å². The Bertz CT molecular complexity index is 1080. The molecule has 0 aliphatic carbocycles.